The van der Waals surface area contributed by atoms with Crippen LogP contribution in [0.25, 0.3) is 0 Å². The third kappa shape index (κ3) is 2.60. The molecule has 5 unspecified atom stereocenters. The second kappa shape index (κ2) is 7.45. The molecule has 2 heterocycles. The smallest absolute Gasteiger partial charge is 0.269 e. The molecule has 1 aliphatic carbocycles. The van der Waals surface area contributed by atoms with E-state index in [1.807, 2.05) is 12.1 Å². The monoisotopic (exact) mass is 453 g/mol. The van der Waals surface area contributed by atoms with Crippen LogP contribution in [0.5, 0.6) is 0 Å². The van der Waals surface area contributed by atoms with Gasteiger partial charge in [-0.1, -0.05) is 31.4 Å². The van der Waals surface area contributed by atoms with Crippen molar-refractivity contribution in [2.45, 2.75) is 50.9 Å². The quantitative estimate of drug-likeness (QED) is 0.507. The van der Waals surface area contributed by atoms with Gasteiger partial charge in [0.05, 0.1) is 29.0 Å². The van der Waals surface area contributed by atoms with E-state index in [2.05, 4.69) is 13.0 Å². The third-order valence-corrected chi connectivity index (χ3v) is 7.53. The number of benzene rings is 1. The third-order valence-electron chi connectivity index (χ3n) is 7.19. The van der Waals surface area contributed by atoms with Crippen molar-refractivity contribution < 1.29 is 14.4 Å². The van der Waals surface area contributed by atoms with Gasteiger partial charge < -0.3 is 9.47 Å². The number of nitro benzene ring substituents is 1. The maximum Gasteiger partial charge on any atom is 0.269 e. The summed E-state index contributed by atoms with van der Waals surface area (Å²) in [6.07, 6.45) is 2.03. The van der Waals surface area contributed by atoms with Gasteiger partial charge in [-0.05, 0) is 24.8 Å². The fourth-order valence-corrected chi connectivity index (χ4v) is 5.93. The lowest BCUT2D eigenvalue weighted by Crippen LogP contribution is -2.61. The van der Waals surface area contributed by atoms with Crippen LogP contribution in [0, 0.1) is 72.2 Å². The van der Waals surface area contributed by atoms with Crippen LogP contribution in [-0.2, 0) is 9.47 Å². The van der Waals surface area contributed by atoms with Crippen molar-refractivity contribution in [1.29, 1.82) is 21.2 Å². The number of rotatable bonds is 4. The summed E-state index contributed by atoms with van der Waals surface area (Å²) in [4.78, 5) is 10.7. The largest absolute Gasteiger partial charge is 0.447 e. The average Bonchev–Trinajstić information content (AvgIpc) is 2.98. The minimum absolute atomic E-state index is 0.0513. The summed E-state index contributed by atoms with van der Waals surface area (Å²) in [5.41, 5.74) is -4.32. The highest BCUT2D eigenvalue weighted by atomic mass is 35.5. The number of nitrogens with one attached hydrogen (secondary N) is 1. The molecule has 1 aromatic carbocycles. The fourth-order valence-electron chi connectivity index (χ4n) is 5.71. The second-order valence-electron chi connectivity index (χ2n) is 8.64. The Hall–Kier alpha value is -3.19. The Kier molecular flexibility index (Phi) is 5.12. The summed E-state index contributed by atoms with van der Waals surface area (Å²) in [6.45, 7) is 2.06. The molecule has 3 aliphatic rings. The van der Waals surface area contributed by atoms with Gasteiger partial charge in [0.25, 0.3) is 5.69 Å². The maximum absolute atomic E-state index is 11.4. The van der Waals surface area contributed by atoms with Crippen molar-refractivity contribution in [1.82, 2.24) is 0 Å². The van der Waals surface area contributed by atoms with Crippen LogP contribution < -0.4 is 0 Å². The second-order valence-corrected chi connectivity index (χ2v) is 9.04. The van der Waals surface area contributed by atoms with Gasteiger partial charge >= 0.3 is 0 Å². The molecule has 3 fully saturated rings. The van der Waals surface area contributed by atoms with E-state index in [0.717, 1.165) is 25.3 Å². The van der Waals surface area contributed by atoms with E-state index >= 15 is 0 Å². The molecule has 1 saturated carbocycles. The van der Waals surface area contributed by atoms with Gasteiger partial charge in [-0.2, -0.15) is 15.8 Å². The van der Waals surface area contributed by atoms with Gasteiger partial charge in [0.1, 0.15) is 6.10 Å². The molecule has 9 nitrogen and oxygen atoms in total. The summed E-state index contributed by atoms with van der Waals surface area (Å²) in [5.74, 6) is -2.27. The summed E-state index contributed by atoms with van der Waals surface area (Å²) in [6, 6.07) is 9.70. The van der Waals surface area contributed by atoms with Gasteiger partial charge in [0, 0.05) is 29.1 Å². The first-order valence-electron chi connectivity index (χ1n) is 10.4. The number of hydrogen-bond acceptors (Lipinski definition) is 8. The van der Waals surface area contributed by atoms with Crippen LogP contribution >= 0.6 is 11.6 Å². The molecular weight excluding hydrogens is 434 g/mol. The summed E-state index contributed by atoms with van der Waals surface area (Å²) in [7, 11) is 0. The first kappa shape index (κ1) is 22.0. The Balaban J connectivity index is 1.96. The number of nitrogens with zero attached hydrogens (tertiary/aromatic N) is 4. The predicted octanol–water partition coefficient (Wildman–Crippen LogP) is 4.78. The zero-order valence-corrected chi connectivity index (χ0v) is 18.1. The van der Waals surface area contributed by atoms with Crippen LogP contribution in [-0.4, -0.2) is 16.6 Å². The molecule has 0 amide bonds. The highest BCUT2D eigenvalue weighted by Gasteiger charge is 2.81. The van der Waals surface area contributed by atoms with E-state index in [1.54, 1.807) is 0 Å². The van der Waals surface area contributed by atoms with Gasteiger partial charge in [-0.25, -0.2) is 0 Å². The van der Waals surface area contributed by atoms with Crippen molar-refractivity contribution in [2.24, 2.45) is 22.7 Å². The zero-order valence-electron chi connectivity index (χ0n) is 17.3. The number of halogens is 1. The molecule has 0 spiro atoms. The summed E-state index contributed by atoms with van der Waals surface area (Å²) >= 11 is 6.35. The van der Waals surface area contributed by atoms with E-state index in [1.165, 1.54) is 12.1 Å². The first-order chi connectivity index (χ1) is 15.2. The molecule has 2 bridgehead atoms. The van der Waals surface area contributed by atoms with E-state index < -0.39 is 39.5 Å². The van der Waals surface area contributed by atoms with Crippen molar-refractivity contribution >= 4 is 23.2 Å². The molecule has 0 aromatic heterocycles. The molecule has 5 atom stereocenters. The number of nitro groups is 1. The highest BCUT2D eigenvalue weighted by molar-refractivity contribution is 6.31. The minimum atomic E-state index is -2.18. The Labute approximate surface area is 189 Å². The topological polar surface area (TPSA) is 157 Å². The number of hydrogen-bond donors (Lipinski definition) is 1. The lowest BCUT2D eigenvalue weighted by Gasteiger charge is -2.52. The van der Waals surface area contributed by atoms with Crippen LogP contribution in [0.3, 0.4) is 0 Å². The SMILES string of the molecule is CCCC1CCC23OC(=N)C(C#N)(C2C1)C(C#N)(C#N)C(c1cc([N+](=O)[O-])ccc1Cl)O3. The lowest BCUT2D eigenvalue weighted by molar-refractivity contribution is -0.385. The average molecular weight is 454 g/mol. The summed E-state index contributed by atoms with van der Waals surface area (Å²) in [5, 5.41) is 51.0. The molecule has 2 saturated heterocycles. The van der Waals surface area contributed by atoms with Crippen LogP contribution in [0.2, 0.25) is 5.02 Å². The Bertz CT molecular complexity index is 1120. The van der Waals surface area contributed by atoms with Gasteiger partial charge in [-0.15, -0.1) is 0 Å². The zero-order chi connectivity index (χ0) is 23.3. The Morgan fingerprint density at radius 1 is 1.31 bits per heavy atom. The number of ether oxygens (including phenoxy) is 2. The molecule has 32 heavy (non-hydrogen) atoms. The number of nitriles is 3. The van der Waals surface area contributed by atoms with Gasteiger partial charge in [0.15, 0.2) is 5.41 Å². The van der Waals surface area contributed by atoms with Gasteiger partial charge in [0.2, 0.25) is 17.1 Å². The van der Waals surface area contributed by atoms with Crippen LogP contribution in [0.4, 0.5) is 5.69 Å². The molecule has 1 aromatic rings. The fraction of sp³-hybridized carbons (Fsp3) is 0.545. The minimum Gasteiger partial charge on any atom is -0.447 e. The van der Waals surface area contributed by atoms with Crippen molar-refractivity contribution in [3.63, 3.8) is 0 Å². The van der Waals surface area contributed by atoms with Crippen molar-refractivity contribution in [3.05, 3.63) is 38.9 Å². The molecule has 4 rings (SSSR count). The van der Waals surface area contributed by atoms with E-state index in [-0.39, 0.29) is 22.2 Å². The Morgan fingerprint density at radius 2 is 2.03 bits per heavy atom. The molecule has 2 aliphatic heterocycles. The lowest BCUT2D eigenvalue weighted by atomic mass is 9.50. The van der Waals surface area contributed by atoms with Crippen LogP contribution in [0.1, 0.15) is 50.7 Å². The van der Waals surface area contributed by atoms with E-state index in [4.69, 9.17) is 26.5 Å². The van der Waals surface area contributed by atoms with Crippen molar-refractivity contribution in [2.75, 3.05) is 0 Å². The molecule has 1 N–H and O–H groups in total. The number of non-ortho nitro benzene ring substituents is 1. The first-order valence-corrected chi connectivity index (χ1v) is 10.8. The maximum atomic E-state index is 11.4. The normalized spacial score (nSPS) is 34.3. The molecule has 164 valence electrons. The molecular formula is C22H20ClN5O4. The predicted molar refractivity (Wildman–Crippen MR) is 111 cm³/mol. The molecule has 10 heteroatoms. The highest BCUT2D eigenvalue weighted by Crippen LogP contribution is 2.70. The summed E-state index contributed by atoms with van der Waals surface area (Å²) < 4.78 is 12.2. The Morgan fingerprint density at radius 3 is 2.62 bits per heavy atom. The van der Waals surface area contributed by atoms with Crippen LogP contribution in [0.15, 0.2) is 18.2 Å². The van der Waals surface area contributed by atoms with Gasteiger partial charge in [-0.3, -0.25) is 15.5 Å². The van der Waals surface area contributed by atoms with E-state index in [0.29, 0.717) is 12.8 Å². The standard InChI is InChI=1S/C22H20ClN5O4/c1-2-3-13-6-7-22-17(8-13)21(12-26,19(27)32-22)20(10-24,11-25)18(31-22)15-9-14(28(29)30)4-5-16(15)23/h4-5,9,13,17-18,27H,2-3,6-8H2,1H3. The van der Waals surface area contributed by atoms with E-state index in [9.17, 15) is 25.9 Å². The van der Waals surface area contributed by atoms with Crippen molar-refractivity contribution in [3.8, 4) is 18.2 Å². The molecule has 0 radical (unpaired) electrons.